The van der Waals surface area contributed by atoms with Gasteiger partial charge >= 0.3 is 0 Å². The van der Waals surface area contributed by atoms with Gasteiger partial charge < -0.3 is 0 Å². The van der Waals surface area contributed by atoms with Crippen molar-refractivity contribution in [3.63, 3.8) is 0 Å². The minimum Gasteiger partial charge on any atom is -0.0651 e. The Morgan fingerprint density at radius 1 is 1.00 bits per heavy atom. The first-order valence-corrected chi connectivity index (χ1v) is 6.72. The van der Waals surface area contributed by atoms with Crippen molar-refractivity contribution < 1.29 is 0 Å². The molecule has 0 aromatic carbocycles. The molecule has 0 heterocycles. The zero-order chi connectivity index (χ0) is 10.6. The summed E-state index contributed by atoms with van der Waals surface area (Å²) in [5.41, 5.74) is 0. The molecule has 3 atom stereocenters. The maximum absolute atomic E-state index is 2.43. The van der Waals surface area contributed by atoms with Crippen molar-refractivity contribution >= 4 is 0 Å². The van der Waals surface area contributed by atoms with Gasteiger partial charge in [-0.25, -0.2) is 0 Å². The molecule has 1 saturated carbocycles. The Labute approximate surface area is 90.5 Å². The summed E-state index contributed by atoms with van der Waals surface area (Å²) < 4.78 is 0. The lowest BCUT2D eigenvalue weighted by Gasteiger charge is -2.29. The standard InChI is InChI=1S/C14H28/c1-5-12(6-2)14(7-3)13-9-8-11(4)10-13/h11-14H,5-10H2,1-4H3. The summed E-state index contributed by atoms with van der Waals surface area (Å²) in [6.45, 7) is 9.57. The SMILES string of the molecule is CCC(CC)C(CC)C1CCC(C)C1. The fourth-order valence-corrected chi connectivity index (χ4v) is 3.59. The molecule has 0 heteroatoms. The van der Waals surface area contributed by atoms with Crippen LogP contribution in [0.15, 0.2) is 0 Å². The largest absolute Gasteiger partial charge is 0.0651 e. The van der Waals surface area contributed by atoms with Gasteiger partial charge in [0.05, 0.1) is 0 Å². The van der Waals surface area contributed by atoms with Crippen molar-refractivity contribution in [2.75, 3.05) is 0 Å². The minimum absolute atomic E-state index is 0.996. The van der Waals surface area contributed by atoms with Gasteiger partial charge in [0.2, 0.25) is 0 Å². The summed E-state index contributed by atoms with van der Waals surface area (Å²) in [5.74, 6) is 4.08. The summed E-state index contributed by atoms with van der Waals surface area (Å²) in [6, 6.07) is 0. The van der Waals surface area contributed by atoms with Crippen molar-refractivity contribution in [1.82, 2.24) is 0 Å². The quantitative estimate of drug-likeness (QED) is 0.587. The molecule has 0 N–H and O–H groups in total. The molecule has 0 aliphatic heterocycles. The van der Waals surface area contributed by atoms with Crippen molar-refractivity contribution in [3.8, 4) is 0 Å². The van der Waals surface area contributed by atoms with Crippen LogP contribution >= 0.6 is 0 Å². The van der Waals surface area contributed by atoms with E-state index in [1.165, 1.54) is 38.5 Å². The normalized spacial score (nSPS) is 29.8. The van der Waals surface area contributed by atoms with Gasteiger partial charge in [-0.3, -0.25) is 0 Å². The van der Waals surface area contributed by atoms with Gasteiger partial charge in [0, 0.05) is 0 Å². The van der Waals surface area contributed by atoms with Gasteiger partial charge in [-0.05, 0) is 36.5 Å². The second-order valence-corrected chi connectivity index (χ2v) is 5.33. The molecule has 1 rings (SSSR count). The summed E-state index contributed by atoms with van der Waals surface area (Å²) in [7, 11) is 0. The minimum atomic E-state index is 0.996. The number of hydrogen-bond donors (Lipinski definition) is 0. The Morgan fingerprint density at radius 2 is 1.64 bits per heavy atom. The van der Waals surface area contributed by atoms with Gasteiger partial charge in [0.15, 0.2) is 0 Å². The van der Waals surface area contributed by atoms with Crippen molar-refractivity contribution in [3.05, 3.63) is 0 Å². The predicted octanol–water partition coefficient (Wildman–Crippen LogP) is 4.89. The maximum atomic E-state index is 2.43. The highest BCUT2D eigenvalue weighted by atomic mass is 14.4. The lowest BCUT2D eigenvalue weighted by atomic mass is 9.76. The molecule has 14 heavy (non-hydrogen) atoms. The van der Waals surface area contributed by atoms with Gasteiger partial charge in [0.1, 0.15) is 0 Å². The Hall–Kier alpha value is 0. The van der Waals surface area contributed by atoms with Gasteiger partial charge in [-0.2, -0.15) is 0 Å². The topological polar surface area (TPSA) is 0 Å². The molecule has 0 saturated heterocycles. The zero-order valence-electron chi connectivity index (χ0n) is 10.6. The van der Waals surface area contributed by atoms with E-state index in [0.717, 1.165) is 23.7 Å². The van der Waals surface area contributed by atoms with E-state index in [1.54, 1.807) is 0 Å². The fourth-order valence-electron chi connectivity index (χ4n) is 3.59. The van der Waals surface area contributed by atoms with Crippen LogP contribution in [0.4, 0.5) is 0 Å². The highest BCUT2D eigenvalue weighted by Gasteiger charge is 2.31. The number of rotatable bonds is 5. The predicted molar refractivity (Wildman–Crippen MR) is 64.4 cm³/mol. The van der Waals surface area contributed by atoms with E-state index in [4.69, 9.17) is 0 Å². The molecule has 1 aliphatic carbocycles. The molecule has 0 spiro atoms. The molecule has 0 radical (unpaired) electrons. The van der Waals surface area contributed by atoms with E-state index in [2.05, 4.69) is 27.7 Å². The Morgan fingerprint density at radius 3 is 2.00 bits per heavy atom. The van der Waals surface area contributed by atoms with E-state index in [-0.39, 0.29) is 0 Å². The van der Waals surface area contributed by atoms with Gasteiger partial charge in [-0.1, -0.05) is 53.4 Å². The average Bonchev–Trinajstić information content (AvgIpc) is 2.60. The first kappa shape index (κ1) is 12.1. The van der Waals surface area contributed by atoms with Crippen LogP contribution in [0.1, 0.15) is 66.2 Å². The second-order valence-electron chi connectivity index (χ2n) is 5.33. The molecule has 1 fully saturated rings. The average molecular weight is 196 g/mol. The molecule has 0 aromatic rings. The third-order valence-corrected chi connectivity index (χ3v) is 4.47. The van der Waals surface area contributed by atoms with E-state index in [1.807, 2.05) is 0 Å². The third kappa shape index (κ3) is 2.74. The molecule has 0 nitrogen and oxygen atoms in total. The molecule has 3 unspecified atom stereocenters. The van der Waals surface area contributed by atoms with Crippen LogP contribution in [-0.4, -0.2) is 0 Å². The summed E-state index contributed by atoms with van der Waals surface area (Å²) in [4.78, 5) is 0. The zero-order valence-corrected chi connectivity index (χ0v) is 10.6. The third-order valence-electron chi connectivity index (χ3n) is 4.47. The van der Waals surface area contributed by atoms with Crippen LogP contribution in [0.5, 0.6) is 0 Å². The summed E-state index contributed by atoms with van der Waals surface area (Å²) >= 11 is 0. The smallest absolute Gasteiger partial charge is 0.0360 e. The summed E-state index contributed by atoms with van der Waals surface area (Å²) in [5, 5.41) is 0. The molecular formula is C14H28. The first-order valence-electron chi connectivity index (χ1n) is 6.72. The fraction of sp³-hybridized carbons (Fsp3) is 1.00. The highest BCUT2D eigenvalue weighted by molar-refractivity contribution is 4.81. The van der Waals surface area contributed by atoms with Crippen molar-refractivity contribution in [2.24, 2.45) is 23.7 Å². The van der Waals surface area contributed by atoms with E-state index >= 15 is 0 Å². The van der Waals surface area contributed by atoms with Crippen molar-refractivity contribution in [1.29, 1.82) is 0 Å². The number of hydrogen-bond acceptors (Lipinski definition) is 0. The van der Waals surface area contributed by atoms with Crippen LogP contribution in [0.25, 0.3) is 0 Å². The van der Waals surface area contributed by atoms with E-state index in [0.29, 0.717) is 0 Å². The maximum Gasteiger partial charge on any atom is -0.0360 e. The molecule has 84 valence electrons. The van der Waals surface area contributed by atoms with E-state index < -0.39 is 0 Å². The Kier molecular flexibility index (Phi) is 4.98. The van der Waals surface area contributed by atoms with Gasteiger partial charge in [0.25, 0.3) is 0 Å². The van der Waals surface area contributed by atoms with Crippen LogP contribution < -0.4 is 0 Å². The lowest BCUT2D eigenvalue weighted by Crippen LogP contribution is -2.20. The van der Waals surface area contributed by atoms with Crippen molar-refractivity contribution in [2.45, 2.75) is 66.2 Å². The lowest BCUT2D eigenvalue weighted by molar-refractivity contribution is 0.205. The molecule has 1 aliphatic rings. The van der Waals surface area contributed by atoms with Crippen LogP contribution in [0.3, 0.4) is 0 Å². The molecule has 0 amide bonds. The summed E-state index contributed by atoms with van der Waals surface area (Å²) in [6.07, 6.45) is 8.69. The molecule has 0 bridgehead atoms. The molecule has 0 aromatic heterocycles. The monoisotopic (exact) mass is 196 g/mol. The van der Waals surface area contributed by atoms with Gasteiger partial charge in [-0.15, -0.1) is 0 Å². The molecular weight excluding hydrogens is 168 g/mol. The first-order chi connectivity index (χ1) is 6.72. The second kappa shape index (κ2) is 5.78. The van der Waals surface area contributed by atoms with Crippen LogP contribution in [0, 0.1) is 23.7 Å². The Balaban J connectivity index is 2.52. The van der Waals surface area contributed by atoms with E-state index in [9.17, 15) is 0 Å². The Bertz CT molecular complexity index is 146. The van der Waals surface area contributed by atoms with Crippen LogP contribution in [-0.2, 0) is 0 Å². The highest BCUT2D eigenvalue weighted by Crippen LogP contribution is 2.41. The van der Waals surface area contributed by atoms with Crippen LogP contribution in [0.2, 0.25) is 0 Å².